The second-order valence-electron chi connectivity index (χ2n) is 18.9. The van der Waals surface area contributed by atoms with E-state index in [9.17, 15) is 39.6 Å². The van der Waals surface area contributed by atoms with Crippen LogP contribution in [0.15, 0.2) is 47.8 Å². The number of ketones is 2. The number of nitrogens with zero attached hydrogens (tertiary/aromatic N) is 2. The van der Waals surface area contributed by atoms with Crippen molar-refractivity contribution in [2.45, 2.75) is 166 Å². The molecule has 1 aromatic rings. The number of cyclic esters (lactones) is 1. The minimum atomic E-state index is -2.57. The third-order valence-corrected chi connectivity index (χ3v) is 14.4. The Morgan fingerprint density at radius 1 is 0.938 bits per heavy atom. The fourth-order valence-electron chi connectivity index (χ4n) is 10.3. The van der Waals surface area contributed by atoms with Crippen molar-refractivity contribution in [2.75, 3.05) is 34.5 Å². The van der Waals surface area contributed by atoms with Gasteiger partial charge >= 0.3 is 5.97 Å². The monoisotopic (exact) mass is 899 g/mol. The molecule has 1 saturated carbocycles. The van der Waals surface area contributed by atoms with Gasteiger partial charge in [-0.15, -0.1) is 0 Å². The first-order valence-corrected chi connectivity index (χ1v) is 23.3. The number of fused-ring (bicyclic) bond motifs is 3. The Kier molecular flexibility index (Phi) is 19.2. The molecule has 0 spiro atoms. The standard InChI is InChI=1S/C49H74N2O13/c1-29-21-35(12-10-11-33-16-18-50-19-17-33)41(55)27-40(54)32(4)44(30(2)23-34-14-15-39(53)36(25-34)28-52)63-48(58)38-13-8-9-20-51(38)47(57)46(56)49(59)31(3)24-42(61-6)45(64-49)43(62-7)26-37(22-29)60-5/h16-19,21,23,31-32,34-40,42-45,52-54,59H,8-15,20,22,24-28H2,1-7H3/b29-21+,30-23+/t31-,32-,34+,35-,36+,37+,38+,39-,40+,42+,43+,44-,45+,49-/m1/s1. The molecule has 1 amide bonds. The van der Waals surface area contributed by atoms with Gasteiger partial charge < -0.3 is 49.0 Å². The number of esters is 1. The van der Waals surface area contributed by atoms with Gasteiger partial charge in [-0.25, -0.2) is 4.79 Å². The minimum absolute atomic E-state index is 0.0587. The first-order chi connectivity index (χ1) is 30.5. The Morgan fingerprint density at radius 3 is 2.31 bits per heavy atom. The summed E-state index contributed by atoms with van der Waals surface area (Å²) in [5, 5.41) is 44.5. The van der Waals surface area contributed by atoms with Gasteiger partial charge in [0, 0.05) is 83.4 Å². The maximum absolute atomic E-state index is 14.5. The summed E-state index contributed by atoms with van der Waals surface area (Å²) >= 11 is 0. The molecule has 5 rings (SSSR count). The fourth-order valence-corrected chi connectivity index (χ4v) is 10.3. The lowest BCUT2D eigenvalue weighted by atomic mass is 9.78. The van der Waals surface area contributed by atoms with Crippen LogP contribution in [0.4, 0.5) is 0 Å². The molecule has 64 heavy (non-hydrogen) atoms. The zero-order valence-corrected chi connectivity index (χ0v) is 38.9. The van der Waals surface area contributed by atoms with Crippen molar-refractivity contribution in [1.29, 1.82) is 0 Å². The minimum Gasteiger partial charge on any atom is -0.456 e. The predicted octanol–water partition coefficient (Wildman–Crippen LogP) is 4.45. The number of piperidine rings is 1. The summed E-state index contributed by atoms with van der Waals surface area (Å²) in [5.74, 6) is -8.39. The summed E-state index contributed by atoms with van der Waals surface area (Å²) in [6.45, 7) is 6.95. The van der Waals surface area contributed by atoms with Crippen LogP contribution >= 0.6 is 0 Å². The summed E-state index contributed by atoms with van der Waals surface area (Å²) < 4.78 is 30.4. The van der Waals surface area contributed by atoms with Crippen molar-refractivity contribution in [3.05, 3.63) is 53.4 Å². The highest BCUT2D eigenvalue weighted by atomic mass is 16.7. The summed E-state index contributed by atoms with van der Waals surface area (Å²) in [5.41, 5.74) is 2.58. The average Bonchev–Trinajstić information content (AvgIpc) is 3.29. The van der Waals surface area contributed by atoms with Gasteiger partial charge in [-0.3, -0.25) is 19.4 Å². The number of ether oxygens (including phenoxy) is 5. The van der Waals surface area contributed by atoms with Crippen molar-refractivity contribution in [2.24, 2.45) is 29.6 Å². The highest BCUT2D eigenvalue weighted by Gasteiger charge is 2.56. The molecule has 15 heteroatoms. The molecule has 0 radical (unpaired) electrons. The number of allylic oxidation sites excluding steroid dienone is 2. The van der Waals surface area contributed by atoms with Crippen molar-refractivity contribution < 1.29 is 63.3 Å². The first-order valence-electron chi connectivity index (χ1n) is 23.3. The number of Topliss-reactive ketones (excluding diaryl/α,β-unsaturated/α-hetero) is 2. The Hall–Kier alpha value is -3.41. The fraction of sp³-hybridized carbons (Fsp3) is 0.735. The quantitative estimate of drug-likeness (QED) is 0.145. The number of carbonyl (C=O) groups is 4. The predicted molar refractivity (Wildman–Crippen MR) is 236 cm³/mol. The highest BCUT2D eigenvalue weighted by Crippen LogP contribution is 2.39. The van der Waals surface area contributed by atoms with Gasteiger partial charge in [0.25, 0.3) is 11.7 Å². The zero-order chi connectivity index (χ0) is 46.7. The number of aryl methyl sites for hydroxylation is 1. The van der Waals surface area contributed by atoms with Crippen LogP contribution in [0.5, 0.6) is 0 Å². The Labute approximate surface area is 378 Å². The van der Waals surface area contributed by atoms with E-state index in [4.69, 9.17) is 23.7 Å². The lowest BCUT2D eigenvalue weighted by Gasteiger charge is -2.47. The van der Waals surface area contributed by atoms with Crippen LogP contribution in [0.1, 0.15) is 110 Å². The number of hydrogen-bond donors (Lipinski definition) is 4. The maximum Gasteiger partial charge on any atom is 0.329 e. The first kappa shape index (κ1) is 51.6. The summed E-state index contributed by atoms with van der Waals surface area (Å²) in [6, 6.07) is 2.71. The van der Waals surface area contributed by atoms with Gasteiger partial charge in [-0.1, -0.05) is 31.6 Å². The molecule has 358 valence electrons. The zero-order valence-electron chi connectivity index (χ0n) is 38.9. The van der Waals surface area contributed by atoms with Crippen molar-refractivity contribution in [3.63, 3.8) is 0 Å². The second kappa shape index (κ2) is 23.9. The number of pyridine rings is 1. The van der Waals surface area contributed by atoms with Crippen LogP contribution in [-0.4, -0.2) is 143 Å². The number of aromatic nitrogens is 1. The van der Waals surface area contributed by atoms with Gasteiger partial charge in [0.1, 0.15) is 24.0 Å². The van der Waals surface area contributed by atoms with Crippen LogP contribution < -0.4 is 0 Å². The SMILES string of the molecule is CO[C@H]1C/C(C)=C/[C@@H](CCCc2ccncc2)C(=O)C[C@H](O)[C@@H](C)[C@@H](/C(C)=C/[C@@H]2CC[C@@H](O)[C@H](CO)C2)OC(=O)[C@@H]2CCCCN2C(=O)C(=O)[C@]2(O)O[C@H]([C@@H](OC)C1)[C@@H](OC)C[C@H]2C. The van der Waals surface area contributed by atoms with Crippen LogP contribution in [-0.2, 0) is 49.3 Å². The number of aliphatic hydroxyl groups excluding tert-OH is 3. The molecule has 4 aliphatic rings. The van der Waals surface area contributed by atoms with E-state index in [1.165, 1.54) is 14.2 Å². The smallest absolute Gasteiger partial charge is 0.329 e. The summed E-state index contributed by atoms with van der Waals surface area (Å²) in [7, 11) is 4.57. The van der Waals surface area contributed by atoms with E-state index in [1.54, 1.807) is 40.3 Å². The van der Waals surface area contributed by atoms with Crippen LogP contribution in [0.3, 0.4) is 0 Å². The van der Waals surface area contributed by atoms with E-state index < -0.39 is 90.0 Å². The van der Waals surface area contributed by atoms with Gasteiger partial charge in [-0.05, 0) is 114 Å². The van der Waals surface area contributed by atoms with E-state index >= 15 is 0 Å². The van der Waals surface area contributed by atoms with Crippen LogP contribution in [0.2, 0.25) is 0 Å². The molecular formula is C49H74N2O13. The molecule has 2 saturated heterocycles. The number of rotatable bonds is 10. The normalized spacial score (nSPS) is 37.8. The topological polar surface area (TPSA) is 211 Å². The van der Waals surface area contributed by atoms with Crippen molar-refractivity contribution >= 4 is 23.4 Å². The van der Waals surface area contributed by atoms with Crippen LogP contribution in [0.25, 0.3) is 0 Å². The Bertz CT molecular complexity index is 1770. The van der Waals surface area contributed by atoms with Crippen LogP contribution in [0, 0.1) is 29.6 Å². The third-order valence-electron chi connectivity index (χ3n) is 14.4. The van der Waals surface area contributed by atoms with Crippen molar-refractivity contribution in [1.82, 2.24) is 9.88 Å². The number of methoxy groups -OCH3 is 3. The Balaban J connectivity index is 1.55. The summed E-state index contributed by atoms with van der Waals surface area (Å²) in [4.78, 5) is 62.9. The number of carbonyl (C=O) groups excluding carboxylic acids is 4. The van der Waals surface area contributed by atoms with E-state index in [2.05, 4.69) is 4.98 Å². The molecule has 0 aromatic carbocycles. The molecule has 4 N–H and O–H groups in total. The van der Waals surface area contributed by atoms with Gasteiger partial charge in [0.15, 0.2) is 0 Å². The van der Waals surface area contributed by atoms with E-state index in [0.29, 0.717) is 56.9 Å². The van der Waals surface area contributed by atoms with E-state index in [-0.39, 0.29) is 56.5 Å². The van der Waals surface area contributed by atoms with E-state index in [0.717, 1.165) is 22.5 Å². The molecule has 3 fully saturated rings. The second-order valence-corrected chi connectivity index (χ2v) is 18.9. The number of amides is 1. The lowest BCUT2D eigenvalue weighted by molar-refractivity contribution is -0.303. The molecule has 0 unspecified atom stereocenters. The molecule has 15 nitrogen and oxygen atoms in total. The highest BCUT2D eigenvalue weighted by molar-refractivity contribution is 6.39. The molecule has 2 bridgehead atoms. The molecule has 4 heterocycles. The van der Waals surface area contributed by atoms with Gasteiger partial charge in [0.05, 0.1) is 30.5 Å². The maximum atomic E-state index is 14.5. The molecule has 1 aliphatic carbocycles. The summed E-state index contributed by atoms with van der Waals surface area (Å²) in [6.07, 6.45) is 7.08. The largest absolute Gasteiger partial charge is 0.456 e. The third kappa shape index (κ3) is 12.7. The molecule has 1 aromatic heterocycles. The number of hydrogen-bond acceptors (Lipinski definition) is 14. The molecule has 3 aliphatic heterocycles. The van der Waals surface area contributed by atoms with Gasteiger partial charge in [-0.2, -0.15) is 0 Å². The Morgan fingerprint density at radius 2 is 1.64 bits per heavy atom. The lowest BCUT2D eigenvalue weighted by Crippen LogP contribution is -2.64. The van der Waals surface area contributed by atoms with Gasteiger partial charge in [0.2, 0.25) is 5.79 Å². The molecular weight excluding hydrogens is 825 g/mol. The average molecular weight is 899 g/mol. The number of aliphatic hydroxyl groups is 4. The van der Waals surface area contributed by atoms with E-state index in [1.807, 2.05) is 31.2 Å². The van der Waals surface area contributed by atoms with Crippen molar-refractivity contribution in [3.8, 4) is 0 Å². The molecule has 14 atom stereocenters.